The van der Waals surface area contributed by atoms with Crippen LogP contribution in [0, 0.1) is 5.92 Å². The Labute approximate surface area is 191 Å². The Kier molecular flexibility index (Phi) is 7.85. The largest absolute Gasteiger partial charge is 0.340 e. The van der Waals surface area contributed by atoms with Gasteiger partial charge < -0.3 is 10.6 Å². The van der Waals surface area contributed by atoms with Crippen LogP contribution in [0.2, 0.25) is 0 Å². The van der Waals surface area contributed by atoms with E-state index >= 15 is 0 Å². The number of nitrogens with zero attached hydrogens (tertiary/aromatic N) is 1. The lowest BCUT2D eigenvalue weighted by Crippen LogP contribution is -2.47. The molecule has 2 rings (SSSR count). The molecule has 7 nitrogen and oxygen atoms in total. The second-order valence-corrected chi connectivity index (χ2v) is 11.5. The topological polar surface area (TPSA) is 95.6 Å². The minimum absolute atomic E-state index is 0.0238. The van der Waals surface area contributed by atoms with Crippen molar-refractivity contribution in [3.63, 3.8) is 0 Å². The fourth-order valence-corrected chi connectivity index (χ4v) is 3.99. The average Bonchev–Trinajstić information content (AvgIpc) is 2.71. The summed E-state index contributed by atoms with van der Waals surface area (Å²) in [5.41, 5.74) is 1.90. The van der Waals surface area contributed by atoms with Crippen LogP contribution < -0.4 is 10.6 Å². The second kappa shape index (κ2) is 9.83. The van der Waals surface area contributed by atoms with Crippen LogP contribution in [0.3, 0.4) is 0 Å². The summed E-state index contributed by atoms with van der Waals surface area (Å²) < 4.78 is 25.8. The SMILES string of the molecule is CC(C)[C@@H](NC(=O)c1ccc(C(C)(C)C)cc1)C(=O)Nc1cccc(S(=O)(=O)N(C)C)c1. The fraction of sp³-hybridized carbons (Fsp3) is 0.417. The first-order chi connectivity index (χ1) is 14.7. The quantitative estimate of drug-likeness (QED) is 0.661. The standard InChI is InChI=1S/C24H33N3O4S/c1-16(2)21(26-22(28)17-11-13-18(14-12-17)24(3,4)5)23(29)25-19-9-8-10-20(15-19)32(30,31)27(6)7/h8-16,21H,1-7H3,(H,25,29)(H,26,28)/t21-/m1/s1. The predicted octanol–water partition coefficient (Wildman–Crippen LogP) is 3.63. The predicted molar refractivity (Wildman–Crippen MR) is 127 cm³/mol. The number of carbonyl (C=O) groups is 2. The van der Waals surface area contributed by atoms with Gasteiger partial charge in [-0.25, -0.2) is 12.7 Å². The lowest BCUT2D eigenvalue weighted by Gasteiger charge is -2.23. The third-order valence-electron chi connectivity index (χ3n) is 5.13. The molecule has 174 valence electrons. The van der Waals surface area contributed by atoms with E-state index in [9.17, 15) is 18.0 Å². The Morgan fingerprint density at radius 1 is 0.969 bits per heavy atom. The Balaban J connectivity index is 2.18. The van der Waals surface area contributed by atoms with E-state index in [1.165, 1.54) is 26.2 Å². The van der Waals surface area contributed by atoms with Crippen molar-refractivity contribution in [3.05, 3.63) is 59.7 Å². The summed E-state index contributed by atoms with van der Waals surface area (Å²) in [4.78, 5) is 25.8. The molecule has 0 aliphatic heterocycles. The van der Waals surface area contributed by atoms with E-state index in [1.807, 2.05) is 26.0 Å². The molecule has 0 spiro atoms. The van der Waals surface area contributed by atoms with Gasteiger partial charge >= 0.3 is 0 Å². The van der Waals surface area contributed by atoms with Crippen LogP contribution in [-0.2, 0) is 20.2 Å². The highest BCUT2D eigenvalue weighted by Crippen LogP contribution is 2.22. The minimum atomic E-state index is -3.63. The van der Waals surface area contributed by atoms with Gasteiger partial charge in [0.25, 0.3) is 5.91 Å². The molecule has 0 aliphatic rings. The van der Waals surface area contributed by atoms with Crippen molar-refractivity contribution < 1.29 is 18.0 Å². The summed E-state index contributed by atoms with van der Waals surface area (Å²) in [6.07, 6.45) is 0. The van der Waals surface area contributed by atoms with Crippen LogP contribution in [0.1, 0.15) is 50.5 Å². The fourth-order valence-electron chi connectivity index (χ4n) is 3.05. The summed E-state index contributed by atoms with van der Waals surface area (Å²) in [5, 5.41) is 5.52. The first-order valence-electron chi connectivity index (χ1n) is 10.5. The number of carbonyl (C=O) groups excluding carboxylic acids is 2. The summed E-state index contributed by atoms with van der Waals surface area (Å²) >= 11 is 0. The molecule has 0 fully saturated rings. The molecule has 0 aromatic heterocycles. The Morgan fingerprint density at radius 3 is 2.06 bits per heavy atom. The molecule has 2 amide bonds. The van der Waals surface area contributed by atoms with E-state index in [0.717, 1.165) is 9.87 Å². The summed E-state index contributed by atoms with van der Waals surface area (Å²) in [6.45, 7) is 9.96. The molecular formula is C24H33N3O4S. The van der Waals surface area contributed by atoms with E-state index < -0.39 is 22.0 Å². The minimum Gasteiger partial charge on any atom is -0.340 e. The number of hydrogen-bond acceptors (Lipinski definition) is 4. The van der Waals surface area contributed by atoms with Gasteiger partial charge in [0, 0.05) is 25.3 Å². The molecule has 0 bridgehead atoms. The zero-order valence-corrected chi connectivity index (χ0v) is 20.6. The maximum atomic E-state index is 12.9. The molecule has 2 aromatic rings. The first kappa shape index (κ1) is 25.5. The Bertz CT molecular complexity index is 1070. The van der Waals surface area contributed by atoms with Gasteiger partial charge in [-0.1, -0.05) is 52.8 Å². The smallest absolute Gasteiger partial charge is 0.251 e. The van der Waals surface area contributed by atoms with Gasteiger partial charge in [-0.3, -0.25) is 9.59 Å². The lowest BCUT2D eigenvalue weighted by molar-refractivity contribution is -0.118. The van der Waals surface area contributed by atoms with Crippen LogP contribution in [0.25, 0.3) is 0 Å². The highest BCUT2D eigenvalue weighted by Gasteiger charge is 2.26. The number of nitrogens with one attached hydrogen (secondary N) is 2. The van der Waals surface area contributed by atoms with E-state index in [0.29, 0.717) is 11.3 Å². The molecular weight excluding hydrogens is 426 g/mol. The van der Waals surface area contributed by atoms with E-state index in [1.54, 1.807) is 24.3 Å². The van der Waals surface area contributed by atoms with E-state index in [4.69, 9.17) is 0 Å². The summed E-state index contributed by atoms with van der Waals surface area (Å²) in [5.74, 6) is -0.941. The third-order valence-corrected chi connectivity index (χ3v) is 6.94. The number of amides is 2. The molecule has 32 heavy (non-hydrogen) atoms. The van der Waals surface area contributed by atoms with Gasteiger partial charge in [-0.15, -0.1) is 0 Å². The molecule has 0 saturated carbocycles. The molecule has 0 heterocycles. The molecule has 2 N–H and O–H groups in total. The van der Waals surface area contributed by atoms with Crippen LogP contribution in [-0.4, -0.2) is 44.7 Å². The average molecular weight is 460 g/mol. The van der Waals surface area contributed by atoms with Crippen molar-refractivity contribution >= 4 is 27.5 Å². The van der Waals surface area contributed by atoms with Gasteiger partial charge in [0.05, 0.1) is 4.90 Å². The third kappa shape index (κ3) is 6.17. The van der Waals surface area contributed by atoms with Crippen LogP contribution in [0.5, 0.6) is 0 Å². The van der Waals surface area contributed by atoms with Crippen molar-refractivity contribution in [2.75, 3.05) is 19.4 Å². The maximum Gasteiger partial charge on any atom is 0.251 e. The maximum absolute atomic E-state index is 12.9. The lowest BCUT2D eigenvalue weighted by atomic mass is 9.86. The Hall–Kier alpha value is -2.71. The zero-order chi connectivity index (χ0) is 24.3. The Morgan fingerprint density at radius 2 is 1.56 bits per heavy atom. The van der Waals surface area contributed by atoms with Crippen molar-refractivity contribution in [1.29, 1.82) is 0 Å². The number of benzene rings is 2. The highest BCUT2D eigenvalue weighted by atomic mass is 32.2. The molecule has 0 radical (unpaired) electrons. The number of rotatable bonds is 7. The second-order valence-electron chi connectivity index (χ2n) is 9.33. The van der Waals surface area contributed by atoms with Crippen LogP contribution in [0.4, 0.5) is 5.69 Å². The van der Waals surface area contributed by atoms with Gasteiger partial charge in [0.1, 0.15) is 6.04 Å². The summed E-state index contributed by atoms with van der Waals surface area (Å²) in [6, 6.07) is 12.6. The molecule has 1 atom stereocenters. The first-order valence-corrected chi connectivity index (χ1v) is 11.9. The van der Waals surface area contributed by atoms with Gasteiger partial charge in [0.15, 0.2) is 0 Å². The molecule has 8 heteroatoms. The highest BCUT2D eigenvalue weighted by molar-refractivity contribution is 7.89. The number of anilines is 1. The van der Waals surface area contributed by atoms with Gasteiger partial charge in [-0.05, 0) is 47.2 Å². The number of sulfonamides is 1. The summed E-state index contributed by atoms with van der Waals surface area (Å²) in [7, 11) is -0.742. The normalized spacial score (nSPS) is 13.2. The van der Waals surface area contributed by atoms with Gasteiger partial charge in [-0.2, -0.15) is 0 Å². The molecule has 0 saturated heterocycles. The van der Waals surface area contributed by atoms with Crippen molar-refractivity contribution in [1.82, 2.24) is 9.62 Å². The monoisotopic (exact) mass is 459 g/mol. The molecule has 2 aromatic carbocycles. The van der Waals surface area contributed by atoms with Crippen molar-refractivity contribution in [2.45, 2.75) is 51.0 Å². The zero-order valence-electron chi connectivity index (χ0n) is 19.8. The number of hydrogen-bond donors (Lipinski definition) is 2. The molecule has 0 unspecified atom stereocenters. The molecule has 0 aliphatic carbocycles. The van der Waals surface area contributed by atoms with E-state index in [-0.39, 0.29) is 22.1 Å². The van der Waals surface area contributed by atoms with Crippen LogP contribution in [0.15, 0.2) is 53.4 Å². The van der Waals surface area contributed by atoms with Crippen molar-refractivity contribution in [3.8, 4) is 0 Å². The van der Waals surface area contributed by atoms with E-state index in [2.05, 4.69) is 31.4 Å². The van der Waals surface area contributed by atoms with Gasteiger partial charge in [0.2, 0.25) is 15.9 Å². The van der Waals surface area contributed by atoms with Crippen molar-refractivity contribution in [2.24, 2.45) is 5.92 Å². The van der Waals surface area contributed by atoms with Crippen LogP contribution >= 0.6 is 0 Å².